The average Bonchev–Trinajstić information content (AvgIpc) is 2.62. The zero-order valence-corrected chi connectivity index (χ0v) is 9.21. The number of alkyl halides is 4. The summed E-state index contributed by atoms with van der Waals surface area (Å²) in [6.45, 7) is 1.36. The van der Waals surface area contributed by atoms with Crippen LogP contribution in [0.3, 0.4) is 0 Å². The van der Waals surface area contributed by atoms with E-state index in [1.807, 2.05) is 0 Å². The monoisotopic (exact) mass is 253 g/mol. The van der Waals surface area contributed by atoms with Crippen molar-refractivity contribution in [2.24, 2.45) is 0 Å². The minimum absolute atomic E-state index is 0.253. The van der Waals surface area contributed by atoms with Gasteiger partial charge in [-0.1, -0.05) is 0 Å². The lowest BCUT2D eigenvalue weighted by Crippen LogP contribution is -2.45. The van der Waals surface area contributed by atoms with Crippen LogP contribution < -0.4 is 0 Å². The Balaban J connectivity index is 2.71. The van der Waals surface area contributed by atoms with Gasteiger partial charge in [-0.15, -0.1) is 0 Å². The summed E-state index contributed by atoms with van der Waals surface area (Å²) >= 11 is 0. The minimum atomic E-state index is -4.67. The Morgan fingerprint density at radius 2 is 2.06 bits per heavy atom. The number of carbonyl (C=O) groups excluding carboxylic acids is 1. The standard InChI is InChI=1S/C10H11F4NO2/c1-6-3-4-7(17-6)5-15(2)9(16)10(13,14)8(11)12/h3-4,8H,5H2,1-2H3. The predicted molar refractivity (Wildman–Crippen MR) is 50.9 cm³/mol. The van der Waals surface area contributed by atoms with Crippen molar-refractivity contribution in [1.29, 1.82) is 0 Å². The van der Waals surface area contributed by atoms with Gasteiger partial charge in [0.2, 0.25) is 0 Å². The second-order valence-electron chi connectivity index (χ2n) is 3.60. The molecule has 0 unspecified atom stereocenters. The van der Waals surface area contributed by atoms with E-state index in [9.17, 15) is 22.4 Å². The van der Waals surface area contributed by atoms with E-state index < -0.39 is 18.3 Å². The largest absolute Gasteiger partial charge is 0.464 e. The summed E-state index contributed by atoms with van der Waals surface area (Å²) in [4.78, 5) is 11.6. The summed E-state index contributed by atoms with van der Waals surface area (Å²) < 4.78 is 54.4. The fraction of sp³-hybridized carbons (Fsp3) is 0.500. The fourth-order valence-corrected chi connectivity index (χ4v) is 1.22. The average molecular weight is 253 g/mol. The van der Waals surface area contributed by atoms with Gasteiger partial charge in [0.15, 0.2) is 0 Å². The summed E-state index contributed by atoms with van der Waals surface area (Å²) in [5, 5.41) is 0. The normalized spacial score (nSPS) is 11.9. The highest BCUT2D eigenvalue weighted by atomic mass is 19.3. The predicted octanol–water partition coefficient (Wildman–Crippen LogP) is 2.45. The maximum atomic E-state index is 12.7. The maximum absolute atomic E-state index is 12.7. The molecule has 0 spiro atoms. The van der Waals surface area contributed by atoms with Crippen LogP contribution in [-0.2, 0) is 11.3 Å². The van der Waals surface area contributed by atoms with E-state index >= 15 is 0 Å². The second-order valence-corrected chi connectivity index (χ2v) is 3.60. The van der Waals surface area contributed by atoms with Crippen LogP contribution in [0.1, 0.15) is 11.5 Å². The second kappa shape index (κ2) is 4.77. The summed E-state index contributed by atoms with van der Waals surface area (Å²) in [6.07, 6.45) is -4.02. The smallest absolute Gasteiger partial charge is 0.383 e. The van der Waals surface area contributed by atoms with E-state index in [1.165, 1.54) is 6.07 Å². The summed E-state index contributed by atoms with van der Waals surface area (Å²) in [7, 11) is 1.01. The van der Waals surface area contributed by atoms with Crippen molar-refractivity contribution in [3.8, 4) is 0 Å². The number of amides is 1. The number of halogens is 4. The number of nitrogens with zero attached hydrogens (tertiary/aromatic N) is 1. The highest BCUT2D eigenvalue weighted by Gasteiger charge is 2.50. The molecule has 96 valence electrons. The molecule has 17 heavy (non-hydrogen) atoms. The summed E-state index contributed by atoms with van der Waals surface area (Å²) in [6, 6.07) is 3.07. The van der Waals surface area contributed by atoms with Gasteiger partial charge in [0.1, 0.15) is 11.5 Å². The quantitative estimate of drug-likeness (QED) is 0.772. The minimum Gasteiger partial charge on any atom is -0.464 e. The third-order valence-electron chi connectivity index (χ3n) is 2.09. The van der Waals surface area contributed by atoms with Crippen molar-refractivity contribution >= 4 is 5.91 Å². The lowest BCUT2D eigenvalue weighted by atomic mass is 10.3. The van der Waals surface area contributed by atoms with Gasteiger partial charge in [0, 0.05) is 7.05 Å². The number of hydrogen-bond donors (Lipinski definition) is 0. The number of hydrogen-bond acceptors (Lipinski definition) is 2. The van der Waals surface area contributed by atoms with E-state index in [4.69, 9.17) is 4.42 Å². The first kappa shape index (κ1) is 13.5. The maximum Gasteiger partial charge on any atom is 0.383 e. The number of rotatable bonds is 4. The first-order valence-corrected chi connectivity index (χ1v) is 4.72. The van der Waals surface area contributed by atoms with Gasteiger partial charge in [-0.05, 0) is 19.1 Å². The van der Waals surface area contributed by atoms with Crippen LogP contribution in [0.25, 0.3) is 0 Å². The lowest BCUT2D eigenvalue weighted by Gasteiger charge is -2.21. The molecule has 0 aromatic carbocycles. The number of aryl methyl sites for hydroxylation is 1. The van der Waals surface area contributed by atoms with Crippen LogP contribution in [0.5, 0.6) is 0 Å². The molecule has 0 radical (unpaired) electrons. The van der Waals surface area contributed by atoms with E-state index in [0.717, 1.165) is 7.05 Å². The molecule has 1 rings (SSSR count). The molecular formula is C10H11F4NO2. The Hall–Kier alpha value is -1.53. The molecule has 3 nitrogen and oxygen atoms in total. The van der Waals surface area contributed by atoms with Crippen molar-refractivity contribution in [3.05, 3.63) is 23.7 Å². The van der Waals surface area contributed by atoms with E-state index in [-0.39, 0.29) is 12.3 Å². The molecule has 0 aliphatic heterocycles. The first-order valence-electron chi connectivity index (χ1n) is 4.72. The third kappa shape index (κ3) is 2.98. The molecule has 0 saturated carbocycles. The van der Waals surface area contributed by atoms with Crippen molar-refractivity contribution in [3.63, 3.8) is 0 Å². The lowest BCUT2D eigenvalue weighted by molar-refractivity contribution is -0.180. The van der Waals surface area contributed by atoms with Crippen molar-refractivity contribution < 1.29 is 26.8 Å². The molecule has 0 fully saturated rings. The molecule has 1 amide bonds. The Bertz CT molecular complexity index is 403. The molecule has 1 aromatic rings. The van der Waals surface area contributed by atoms with Crippen molar-refractivity contribution in [2.75, 3.05) is 7.05 Å². The molecule has 0 saturated heterocycles. The van der Waals surface area contributed by atoms with Gasteiger partial charge in [-0.2, -0.15) is 8.78 Å². The Morgan fingerprint density at radius 1 is 1.47 bits per heavy atom. The van der Waals surface area contributed by atoms with Gasteiger partial charge in [-0.3, -0.25) is 4.79 Å². The van der Waals surface area contributed by atoms with Crippen LogP contribution in [0.15, 0.2) is 16.5 Å². The third-order valence-corrected chi connectivity index (χ3v) is 2.09. The molecule has 0 bridgehead atoms. The van der Waals surface area contributed by atoms with E-state index in [0.29, 0.717) is 10.7 Å². The molecule has 0 aliphatic carbocycles. The van der Waals surface area contributed by atoms with Crippen molar-refractivity contribution in [1.82, 2.24) is 4.90 Å². The number of carbonyl (C=O) groups is 1. The Labute approximate surface area is 95.0 Å². The van der Waals surface area contributed by atoms with Gasteiger partial charge in [0.05, 0.1) is 6.54 Å². The molecule has 0 N–H and O–H groups in total. The molecule has 1 heterocycles. The van der Waals surface area contributed by atoms with E-state index in [1.54, 1.807) is 13.0 Å². The summed E-state index contributed by atoms with van der Waals surface area (Å²) in [5.41, 5.74) is 0. The van der Waals surface area contributed by atoms with Gasteiger partial charge < -0.3 is 9.32 Å². The van der Waals surface area contributed by atoms with Gasteiger partial charge in [0.25, 0.3) is 5.91 Å². The number of furan rings is 1. The Kier molecular flexibility index (Phi) is 3.79. The van der Waals surface area contributed by atoms with Crippen LogP contribution in [0, 0.1) is 6.92 Å². The first-order chi connectivity index (χ1) is 7.75. The van der Waals surface area contributed by atoms with Crippen LogP contribution in [0.4, 0.5) is 17.6 Å². The molecule has 7 heteroatoms. The fourth-order valence-electron chi connectivity index (χ4n) is 1.22. The highest BCUT2D eigenvalue weighted by molar-refractivity contribution is 5.83. The highest BCUT2D eigenvalue weighted by Crippen LogP contribution is 2.25. The summed E-state index contributed by atoms with van der Waals surface area (Å²) in [5.74, 6) is -5.80. The van der Waals surface area contributed by atoms with Gasteiger partial charge in [-0.25, -0.2) is 8.78 Å². The molecular weight excluding hydrogens is 242 g/mol. The van der Waals surface area contributed by atoms with Gasteiger partial charge >= 0.3 is 12.3 Å². The molecule has 0 atom stereocenters. The van der Waals surface area contributed by atoms with Crippen LogP contribution in [-0.4, -0.2) is 30.2 Å². The van der Waals surface area contributed by atoms with E-state index in [2.05, 4.69) is 0 Å². The SMILES string of the molecule is Cc1ccc(CN(C)C(=O)C(F)(F)C(F)F)o1. The van der Waals surface area contributed by atoms with Crippen LogP contribution in [0.2, 0.25) is 0 Å². The molecule has 1 aromatic heterocycles. The van der Waals surface area contributed by atoms with Crippen LogP contribution >= 0.6 is 0 Å². The zero-order valence-electron chi connectivity index (χ0n) is 9.21. The van der Waals surface area contributed by atoms with Crippen molar-refractivity contribution in [2.45, 2.75) is 25.8 Å². The topological polar surface area (TPSA) is 33.5 Å². The zero-order chi connectivity index (χ0) is 13.2. The Morgan fingerprint density at radius 3 is 2.47 bits per heavy atom. The molecule has 0 aliphatic rings.